The highest BCUT2D eigenvalue weighted by Gasteiger charge is 2.17. The molecular formula is C13H11B. The largest absolute Gasteiger partial charge is 0.139 e. The molecule has 0 aromatic heterocycles. The molecule has 0 N–H and O–H groups in total. The van der Waals surface area contributed by atoms with E-state index in [1.807, 2.05) is 0 Å². The van der Waals surface area contributed by atoms with Crippen molar-refractivity contribution >= 4 is 13.3 Å². The number of hydrogen-bond acceptors (Lipinski definition) is 0. The molecule has 14 heavy (non-hydrogen) atoms. The zero-order chi connectivity index (χ0) is 9.54. The van der Waals surface area contributed by atoms with Crippen LogP contribution in [0, 0.1) is 0 Å². The molecule has 0 heterocycles. The van der Waals surface area contributed by atoms with Crippen LogP contribution in [0.3, 0.4) is 0 Å². The van der Waals surface area contributed by atoms with Crippen molar-refractivity contribution in [3.05, 3.63) is 53.6 Å². The highest BCUT2D eigenvalue weighted by Crippen LogP contribution is 2.34. The lowest BCUT2D eigenvalue weighted by molar-refractivity contribution is 1.28. The normalized spacial score (nSPS) is 12.3. The molecule has 2 aromatic rings. The molecule has 0 bridgehead atoms. The Morgan fingerprint density at radius 2 is 1.64 bits per heavy atom. The fourth-order valence-electron chi connectivity index (χ4n) is 2.32. The maximum Gasteiger partial charge on any atom is 0.139 e. The minimum absolute atomic E-state index is 1.11. The van der Waals surface area contributed by atoms with Gasteiger partial charge in [0.1, 0.15) is 7.85 Å². The Morgan fingerprint density at radius 1 is 0.857 bits per heavy atom. The van der Waals surface area contributed by atoms with E-state index in [0.717, 1.165) is 6.42 Å². The third-order valence-electron chi connectivity index (χ3n) is 3.09. The first-order valence-electron chi connectivity index (χ1n) is 5.03. The van der Waals surface area contributed by atoms with Gasteiger partial charge in [-0.05, 0) is 28.7 Å². The molecule has 1 aliphatic carbocycles. The summed E-state index contributed by atoms with van der Waals surface area (Å²) in [5.74, 6) is 0. The lowest BCUT2D eigenvalue weighted by Gasteiger charge is -2.02. The number of fused-ring (bicyclic) bond motifs is 3. The van der Waals surface area contributed by atoms with Crippen LogP contribution in [0.4, 0.5) is 0 Å². The molecule has 3 rings (SSSR count). The van der Waals surface area contributed by atoms with E-state index in [-0.39, 0.29) is 0 Å². The van der Waals surface area contributed by atoms with Crippen molar-refractivity contribution in [3.63, 3.8) is 0 Å². The average Bonchev–Trinajstić information content (AvgIpc) is 2.59. The minimum Gasteiger partial charge on any atom is -0.0849 e. The topological polar surface area (TPSA) is 0 Å². The van der Waals surface area contributed by atoms with Gasteiger partial charge in [-0.3, -0.25) is 0 Å². The monoisotopic (exact) mass is 178 g/mol. The van der Waals surface area contributed by atoms with Crippen molar-refractivity contribution in [3.8, 4) is 11.1 Å². The molecule has 0 saturated carbocycles. The van der Waals surface area contributed by atoms with Gasteiger partial charge >= 0.3 is 0 Å². The van der Waals surface area contributed by atoms with Crippen molar-refractivity contribution < 1.29 is 0 Å². The van der Waals surface area contributed by atoms with Crippen LogP contribution in [-0.4, -0.2) is 7.85 Å². The summed E-state index contributed by atoms with van der Waals surface area (Å²) in [4.78, 5) is 0. The lowest BCUT2D eigenvalue weighted by Crippen LogP contribution is -2.08. The second kappa shape index (κ2) is 2.75. The third-order valence-corrected chi connectivity index (χ3v) is 3.09. The zero-order valence-electron chi connectivity index (χ0n) is 8.25. The Labute approximate surface area is 85.0 Å². The van der Waals surface area contributed by atoms with E-state index in [2.05, 4.69) is 50.3 Å². The SMILES string of the molecule is Bc1cccc2c1Cc1ccccc1-2. The molecule has 0 fully saturated rings. The van der Waals surface area contributed by atoms with Crippen LogP contribution in [0.5, 0.6) is 0 Å². The molecule has 0 saturated heterocycles. The van der Waals surface area contributed by atoms with Crippen LogP contribution in [-0.2, 0) is 6.42 Å². The van der Waals surface area contributed by atoms with Crippen molar-refractivity contribution in [2.75, 3.05) is 0 Å². The van der Waals surface area contributed by atoms with Crippen molar-refractivity contribution in [1.82, 2.24) is 0 Å². The van der Waals surface area contributed by atoms with E-state index in [1.54, 1.807) is 0 Å². The average molecular weight is 178 g/mol. The van der Waals surface area contributed by atoms with Gasteiger partial charge < -0.3 is 0 Å². The fourth-order valence-corrected chi connectivity index (χ4v) is 2.32. The molecule has 1 aliphatic rings. The predicted octanol–water partition coefficient (Wildman–Crippen LogP) is 1.52. The van der Waals surface area contributed by atoms with Crippen LogP contribution in [0.15, 0.2) is 42.5 Å². The van der Waals surface area contributed by atoms with E-state index in [1.165, 1.54) is 27.7 Å². The van der Waals surface area contributed by atoms with Gasteiger partial charge in [0, 0.05) is 0 Å². The summed E-state index contributed by atoms with van der Waals surface area (Å²) in [5, 5.41) is 0. The van der Waals surface area contributed by atoms with Gasteiger partial charge in [0.05, 0.1) is 0 Å². The summed E-state index contributed by atoms with van der Waals surface area (Å²) in [5.41, 5.74) is 7.25. The van der Waals surface area contributed by atoms with E-state index < -0.39 is 0 Å². The number of hydrogen-bond donors (Lipinski definition) is 0. The van der Waals surface area contributed by atoms with E-state index in [0.29, 0.717) is 0 Å². The van der Waals surface area contributed by atoms with Crippen LogP contribution in [0.2, 0.25) is 0 Å². The van der Waals surface area contributed by atoms with Crippen molar-refractivity contribution in [2.45, 2.75) is 6.42 Å². The van der Waals surface area contributed by atoms with Crippen LogP contribution in [0.25, 0.3) is 11.1 Å². The van der Waals surface area contributed by atoms with Crippen molar-refractivity contribution in [1.29, 1.82) is 0 Å². The second-order valence-corrected chi connectivity index (χ2v) is 3.93. The Bertz CT molecular complexity index is 500. The maximum atomic E-state index is 2.23. The van der Waals surface area contributed by atoms with Crippen LogP contribution < -0.4 is 5.46 Å². The number of benzene rings is 2. The first kappa shape index (κ1) is 7.87. The Kier molecular flexibility index (Phi) is 1.54. The van der Waals surface area contributed by atoms with Gasteiger partial charge in [-0.1, -0.05) is 47.9 Å². The second-order valence-electron chi connectivity index (χ2n) is 3.93. The molecule has 0 unspecified atom stereocenters. The molecule has 0 nitrogen and oxygen atoms in total. The smallest absolute Gasteiger partial charge is 0.0849 e. The van der Waals surface area contributed by atoms with Gasteiger partial charge in [-0.15, -0.1) is 0 Å². The lowest BCUT2D eigenvalue weighted by atomic mass is 9.88. The maximum absolute atomic E-state index is 2.23. The molecule has 66 valence electrons. The van der Waals surface area contributed by atoms with E-state index >= 15 is 0 Å². The summed E-state index contributed by atoms with van der Waals surface area (Å²) >= 11 is 0. The van der Waals surface area contributed by atoms with E-state index in [9.17, 15) is 0 Å². The standard InChI is InChI=1S/C13H11B/c14-13-7-3-6-11-10-5-2-1-4-9(10)8-12(11)13/h1-7H,8,14H2. The summed E-state index contributed by atoms with van der Waals surface area (Å²) in [6, 6.07) is 15.3. The molecule has 1 heteroatoms. The predicted molar refractivity (Wildman–Crippen MR) is 62.9 cm³/mol. The van der Waals surface area contributed by atoms with Crippen molar-refractivity contribution in [2.24, 2.45) is 0 Å². The van der Waals surface area contributed by atoms with Gasteiger partial charge in [0.25, 0.3) is 0 Å². The molecule has 0 radical (unpaired) electrons. The molecule has 0 spiro atoms. The van der Waals surface area contributed by atoms with Crippen LogP contribution in [0.1, 0.15) is 11.1 Å². The first-order chi connectivity index (χ1) is 6.86. The van der Waals surface area contributed by atoms with Gasteiger partial charge in [0.2, 0.25) is 0 Å². The quantitative estimate of drug-likeness (QED) is 0.458. The summed E-state index contributed by atoms with van der Waals surface area (Å²) < 4.78 is 0. The van der Waals surface area contributed by atoms with Gasteiger partial charge in [-0.25, -0.2) is 0 Å². The number of rotatable bonds is 0. The highest BCUT2D eigenvalue weighted by molar-refractivity contribution is 6.34. The molecule has 0 atom stereocenters. The summed E-state index contributed by atoms with van der Waals surface area (Å²) in [6.45, 7) is 0. The van der Waals surface area contributed by atoms with Crippen LogP contribution >= 0.6 is 0 Å². The van der Waals surface area contributed by atoms with Gasteiger partial charge in [0.15, 0.2) is 0 Å². The Morgan fingerprint density at radius 3 is 2.57 bits per heavy atom. The minimum atomic E-state index is 1.11. The summed E-state index contributed by atoms with van der Waals surface area (Å²) in [7, 11) is 2.20. The first-order valence-corrected chi connectivity index (χ1v) is 5.03. The fraction of sp³-hybridized carbons (Fsp3) is 0.0769. The van der Waals surface area contributed by atoms with Gasteiger partial charge in [-0.2, -0.15) is 0 Å². The molecule has 2 aromatic carbocycles. The molecular weight excluding hydrogens is 167 g/mol. The zero-order valence-corrected chi connectivity index (χ0v) is 8.25. The Hall–Kier alpha value is -1.50. The third kappa shape index (κ3) is 0.956. The summed E-state index contributed by atoms with van der Waals surface area (Å²) in [6.07, 6.45) is 1.11. The van der Waals surface area contributed by atoms with E-state index in [4.69, 9.17) is 0 Å². The highest BCUT2D eigenvalue weighted by atomic mass is 14.2. The Balaban J connectivity index is 2.33. The molecule has 0 aliphatic heterocycles. The molecule has 0 amide bonds.